The van der Waals surface area contributed by atoms with Crippen molar-refractivity contribution in [2.75, 3.05) is 6.61 Å². The lowest BCUT2D eigenvalue weighted by atomic mass is 9.98. The second-order valence-electron chi connectivity index (χ2n) is 8.31. The van der Waals surface area contributed by atoms with Crippen LogP contribution in [0.5, 0.6) is 0 Å². The first-order valence-corrected chi connectivity index (χ1v) is 10.7. The fourth-order valence-corrected chi connectivity index (χ4v) is 3.87. The Bertz CT molecular complexity index is 1040. The largest absolute Gasteiger partial charge is 0.480 e. The highest BCUT2D eigenvalue weighted by Crippen LogP contribution is 2.44. The smallest absolute Gasteiger partial charge is 0.409 e. The molecule has 2 unspecified atom stereocenters. The number of ether oxygens (including phenoxy) is 1. The van der Waals surface area contributed by atoms with Gasteiger partial charge in [-0.05, 0) is 35.6 Å². The minimum absolute atomic E-state index is 0.0371. The third kappa shape index (κ3) is 5.32. The second-order valence-corrected chi connectivity index (χ2v) is 8.31. The Kier molecular flexibility index (Phi) is 7.18. The molecular formula is C24H25F3N2O5. The molecule has 1 aliphatic carbocycles. The average Bonchev–Trinajstić information content (AvgIpc) is 3.10. The van der Waals surface area contributed by atoms with Gasteiger partial charge >= 0.3 is 18.2 Å². The molecule has 3 N–H and O–H groups in total. The van der Waals surface area contributed by atoms with Crippen LogP contribution in [0.1, 0.15) is 43.7 Å². The summed E-state index contributed by atoms with van der Waals surface area (Å²) in [5.74, 6) is -2.88. The minimum atomic E-state index is -4.95. The number of carboxylic acid groups (broad SMARTS) is 1. The Balaban J connectivity index is 1.66. The summed E-state index contributed by atoms with van der Waals surface area (Å²) in [7, 11) is 0. The lowest BCUT2D eigenvalue weighted by Crippen LogP contribution is -2.55. The number of hydrogen-bond donors (Lipinski definition) is 3. The van der Waals surface area contributed by atoms with E-state index >= 15 is 0 Å². The summed E-state index contributed by atoms with van der Waals surface area (Å²) in [5, 5.41) is 13.0. The molecule has 34 heavy (non-hydrogen) atoms. The van der Waals surface area contributed by atoms with Crippen LogP contribution in [-0.4, -0.2) is 47.4 Å². The molecule has 0 saturated carbocycles. The van der Waals surface area contributed by atoms with Crippen molar-refractivity contribution in [3.8, 4) is 11.1 Å². The Morgan fingerprint density at radius 1 is 1.03 bits per heavy atom. The molecule has 2 aromatic carbocycles. The summed E-state index contributed by atoms with van der Waals surface area (Å²) in [4.78, 5) is 35.7. The number of aliphatic carboxylic acids is 1. The topological polar surface area (TPSA) is 105 Å². The Labute approximate surface area is 194 Å². The third-order valence-electron chi connectivity index (χ3n) is 6.01. The number of fused-ring (bicyclic) bond motifs is 3. The van der Waals surface area contributed by atoms with Crippen molar-refractivity contribution in [2.45, 2.75) is 50.4 Å². The summed E-state index contributed by atoms with van der Waals surface area (Å²) < 4.78 is 45.6. The molecule has 0 fully saturated rings. The molecule has 182 valence electrons. The molecule has 0 aromatic heterocycles. The Morgan fingerprint density at radius 2 is 1.56 bits per heavy atom. The maximum Gasteiger partial charge on any atom is 0.409 e. The summed E-state index contributed by atoms with van der Waals surface area (Å²) in [6.07, 6.45) is -7.50. The quantitative estimate of drug-likeness (QED) is 0.527. The number of benzene rings is 2. The zero-order chi connectivity index (χ0) is 25.1. The van der Waals surface area contributed by atoms with E-state index in [2.05, 4.69) is 5.32 Å². The Hall–Kier alpha value is -3.56. The monoisotopic (exact) mass is 478 g/mol. The number of carbonyl (C=O) groups excluding carboxylic acids is 2. The zero-order valence-electron chi connectivity index (χ0n) is 18.6. The molecule has 0 saturated heterocycles. The number of hydrogen-bond acceptors (Lipinski definition) is 4. The van der Waals surface area contributed by atoms with Crippen LogP contribution in [-0.2, 0) is 14.3 Å². The van der Waals surface area contributed by atoms with Crippen LogP contribution in [0.15, 0.2) is 48.5 Å². The number of alkyl halides is 3. The van der Waals surface area contributed by atoms with E-state index in [0.717, 1.165) is 22.3 Å². The SMILES string of the molecule is CCC(C)(NC(=O)CC(NC(=O)OCC1c2ccccc2-c2ccccc21)C(F)(F)F)C(=O)O. The number of alkyl carbamates (subject to hydrolysis) is 1. The maximum absolute atomic E-state index is 13.5. The van der Waals surface area contributed by atoms with Crippen molar-refractivity contribution in [1.82, 2.24) is 10.6 Å². The number of carbonyl (C=O) groups is 3. The first-order chi connectivity index (χ1) is 16.0. The molecule has 2 aromatic rings. The van der Waals surface area contributed by atoms with Gasteiger partial charge in [0.25, 0.3) is 0 Å². The first-order valence-electron chi connectivity index (χ1n) is 10.7. The molecule has 0 aliphatic heterocycles. The van der Waals surface area contributed by atoms with E-state index in [-0.39, 0.29) is 18.9 Å². The van der Waals surface area contributed by atoms with Gasteiger partial charge in [0.05, 0.1) is 6.42 Å². The summed E-state index contributed by atoms with van der Waals surface area (Å²) >= 11 is 0. The van der Waals surface area contributed by atoms with Gasteiger partial charge in [-0.3, -0.25) is 4.79 Å². The summed E-state index contributed by atoms with van der Waals surface area (Å²) in [5.41, 5.74) is 2.01. The van der Waals surface area contributed by atoms with Gasteiger partial charge in [-0.15, -0.1) is 0 Å². The average molecular weight is 478 g/mol. The number of amides is 2. The van der Waals surface area contributed by atoms with Crippen LogP contribution in [0.3, 0.4) is 0 Å². The van der Waals surface area contributed by atoms with E-state index in [1.165, 1.54) is 13.8 Å². The van der Waals surface area contributed by atoms with Gasteiger partial charge in [-0.1, -0.05) is 55.5 Å². The van der Waals surface area contributed by atoms with Gasteiger partial charge < -0.3 is 20.5 Å². The van der Waals surface area contributed by atoms with Crippen molar-refractivity contribution in [3.05, 3.63) is 59.7 Å². The first kappa shape index (κ1) is 25.1. The van der Waals surface area contributed by atoms with Crippen LogP contribution in [0, 0.1) is 0 Å². The standard InChI is InChI=1S/C24H25F3N2O5/c1-3-23(2,21(31)32)29-20(30)12-19(24(25,26)27)28-22(33)34-13-18-16-10-6-4-8-14(16)15-9-5-7-11-17(15)18/h4-11,18-19H,3,12-13H2,1-2H3,(H,28,33)(H,29,30)(H,31,32). The van der Waals surface area contributed by atoms with Crippen LogP contribution < -0.4 is 10.6 Å². The van der Waals surface area contributed by atoms with E-state index in [4.69, 9.17) is 4.74 Å². The van der Waals surface area contributed by atoms with Crippen LogP contribution in [0.25, 0.3) is 11.1 Å². The molecule has 0 spiro atoms. The molecule has 7 nitrogen and oxygen atoms in total. The van der Waals surface area contributed by atoms with Crippen molar-refractivity contribution in [1.29, 1.82) is 0 Å². The van der Waals surface area contributed by atoms with Gasteiger partial charge in [0, 0.05) is 5.92 Å². The highest BCUT2D eigenvalue weighted by Gasteiger charge is 2.44. The highest BCUT2D eigenvalue weighted by molar-refractivity contribution is 5.87. The minimum Gasteiger partial charge on any atom is -0.480 e. The number of halogens is 3. The molecule has 2 amide bonds. The number of rotatable bonds is 8. The maximum atomic E-state index is 13.5. The molecule has 0 bridgehead atoms. The molecular weight excluding hydrogens is 453 g/mol. The van der Waals surface area contributed by atoms with Crippen molar-refractivity contribution in [2.24, 2.45) is 0 Å². The highest BCUT2D eigenvalue weighted by atomic mass is 19.4. The number of nitrogens with one attached hydrogen (secondary N) is 2. The lowest BCUT2D eigenvalue weighted by Gasteiger charge is -2.27. The van der Waals surface area contributed by atoms with E-state index < -0.39 is 42.1 Å². The van der Waals surface area contributed by atoms with E-state index in [1.807, 2.05) is 48.5 Å². The summed E-state index contributed by atoms with van der Waals surface area (Å²) in [6, 6.07) is 12.5. The van der Waals surface area contributed by atoms with Gasteiger partial charge in [0.2, 0.25) is 5.91 Å². The molecule has 0 heterocycles. The van der Waals surface area contributed by atoms with Crippen molar-refractivity contribution < 1.29 is 37.4 Å². The second kappa shape index (κ2) is 9.74. The third-order valence-corrected chi connectivity index (χ3v) is 6.01. The lowest BCUT2D eigenvalue weighted by molar-refractivity contribution is -0.161. The molecule has 3 rings (SSSR count). The van der Waals surface area contributed by atoms with Gasteiger partial charge in [0.15, 0.2) is 0 Å². The summed E-state index contributed by atoms with van der Waals surface area (Å²) in [6.45, 7) is 2.48. The van der Waals surface area contributed by atoms with Crippen LogP contribution in [0.2, 0.25) is 0 Å². The van der Waals surface area contributed by atoms with E-state index in [0.29, 0.717) is 0 Å². The fraction of sp³-hybridized carbons (Fsp3) is 0.375. The molecule has 2 atom stereocenters. The van der Waals surface area contributed by atoms with Gasteiger partial charge in [0.1, 0.15) is 18.2 Å². The van der Waals surface area contributed by atoms with Crippen molar-refractivity contribution >= 4 is 18.0 Å². The van der Waals surface area contributed by atoms with Crippen LogP contribution >= 0.6 is 0 Å². The fourth-order valence-electron chi connectivity index (χ4n) is 3.87. The zero-order valence-corrected chi connectivity index (χ0v) is 18.6. The normalized spacial score (nSPS) is 15.4. The van der Waals surface area contributed by atoms with Gasteiger partial charge in [-0.2, -0.15) is 13.2 Å². The van der Waals surface area contributed by atoms with Gasteiger partial charge in [-0.25, -0.2) is 9.59 Å². The molecule has 10 heteroatoms. The van der Waals surface area contributed by atoms with E-state index in [1.54, 1.807) is 5.32 Å². The van der Waals surface area contributed by atoms with Crippen molar-refractivity contribution in [3.63, 3.8) is 0 Å². The predicted octanol–water partition coefficient (Wildman–Crippen LogP) is 4.22. The Morgan fingerprint density at radius 3 is 2.03 bits per heavy atom. The van der Waals surface area contributed by atoms with Crippen LogP contribution in [0.4, 0.5) is 18.0 Å². The molecule has 0 radical (unpaired) electrons. The molecule has 1 aliphatic rings. The van der Waals surface area contributed by atoms with E-state index in [9.17, 15) is 32.7 Å². The predicted molar refractivity (Wildman–Crippen MR) is 117 cm³/mol. The number of carboxylic acids is 1.